The van der Waals surface area contributed by atoms with E-state index in [1.54, 1.807) is 0 Å². The number of hydrogen-bond acceptors (Lipinski definition) is 6. The fourth-order valence-electron chi connectivity index (χ4n) is 6.38. The maximum atomic E-state index is 12.0. The molecule has 53 heavy (non-hydrogen) atoms. The molecule has 0 amide bonds. The topological polar surface area (TPSA) is 63.2 Å². The van der Waals surface area contributed by atoms with Gasteiger partial charge in [0.05, 0.1) is 26.7 Å². The summed E-state index contributed by atoms with van der Waals surface area (Å²) in [6.45, 7) is 6.78. The molecule has 0 fully saturated rings. The molecule has 0 aromatic heterocycles. The van der Waals surface area contributed by atoms with Crippen LogP contribution in [-0.2, 0) is 29.2 Å². The molecular formula is C47H70O6. The van der Waals surface area contributed by atoms with Gasteiger partial charge in [0.2, 0.25) is 0 Å². The maximum Gasteiger partial charge on any atom is 0.309 e. The highest BCUT2D eigenvalue weighted by Crippen LogP contribution is 2.31. The molecule has 3 aromatic rings. The van der Waals surface area contributed by atoms with Crippen LogP contribution in [0.5, 0.6) is 23.0 Å². The Labute approximate surface area is 322 Å². The molecule has 3 rings (SSSR count). The quantitative estimate of drug-likeness (QED) is 0.0471. The first-order valence-corrected chi connectivity index (χ1v) is 21.0. The van der Waals surface area contributed by atoms with Gasteiger partial charge in [-0.1, -0.05) is 160 Å². The summed E-state index contributed by atoms with van der Waals surface area (Å²) in [5.74, 6) is 2.68. The van der Waals surface area contributed by atoms with Crippen LogP contribution in [-0.4, -0.2) is 26.3 Å². The highest BCUT2D eigenvalue weighted by Gasteiger charge is 2.11. The number of benzene rings is 3. The molecule has 0 aliphatic rings. The average Bonchev–Trinajstić information content (AvgIpc) is 3.18. The molecule has 0 aliphatic carbocycles. The van der Waals surface area contributed by atoms with Crippen molar-refractivity contribution in [3.05, 3.63) is 83.4 Å². The summed E-state index contributed by atoms with van der Waals surface area (Å²) in [5.41, 5.74) is 2.86. The van der Waals surface area contributed by atoms with Crippen molar-refractivity contribution in [3.63, 3.8) is 0 Å². The number of rotatable bonds is 32. The molecule has 0 saturated carbocycles. The Morgan fingerprint density at radius 3 is 1.23 bits per heavy atom. The van der Waals surface area contributed by atoms with E-state index < -0.39 is 0 Å². The molecule has 0 aliphatic heterocycles. The number of methoxy groups -OCH3 is 1. The average molecular weight is 731 g/mol. The number of carbonyl (C=O) groups is 1. The van der Waals surface area contributed by atoms with E-state index in [9.17, 15) is 4.79 Å². The first kappa shape index (κ1) is 43.7. The van der Waals surface area contributed by atoms with Crippen LogP contribution in [0.15, 0.2) is 66.7 Å². The summed E-state index contributed by atoms with van der Waals surface area (Å²) >= 11 is 0. The number of esters is 1. The third-order valence-corrected chi connectivity index (χ3v) is 9.75. The molecular weight excluding hydrogens is 661 g/mol. The van der Waals surface area contributed by atoms with Crippen molar-refractivity contribution < 1.29 is 28.5 Å². The number of ether oxygens (including phenoxy) is 5. The molecule has 0 atom stereocenters. The predicted octanol–water partition coefficient (Wildman–Crippen LogP) is 13.2. The zero-order valence-corrected chi connectivity index (χ0v) is 33.5. The van der Waals surface area contributed by atoms with E-state index in [0.29, 0.717) is 24.7 Å². The summed E-state index contributed by atoms with van der Waals surface area (Å²) in [5, 5.41) is 0. The Hall–Kier alpha value is -3.67. The van der Waals surface area contributed by atoms with Gasteiger partial charge in [-0.2, -0.15) is 0 Å². The molecule has 294 valence electrons. The SMILES string of the molecule is CCCCCCCCCCCCOc1ccc(COc2ccc(CC(=O)OC)cc2OCc2ccc(OCCCCCCCCCCCC)cc2)cc1. The maximum absolute atomic E-state index is 12.0. The van der Waals surface area contributed by atoms with Crippen LogP contribution in [0.1, 0.15) is 159 Å². The number of carbonyl (C=O) groups excluding carboxylic acids is 1. The summed E-state index contributed by atoms with van der Waals surface area (Å²) in [6, 6.07) is 21.8. The lowest BCUT2D eigenvalue weighted by Gasteiger charge is -2.15. The highest BCUT2D eigenvalue weighted by molar-refractivity contribution is 5.72. The van der Waals surface area contributed by atoms with E-state index in [0.717, 1.165) is 54.2 Å². The molecule has 6 heteroatoms. The van der Waals surface area contributed by atoms with Crippen LogP contribution >= 0.6 is 0 Å². The van der Waals surface area contributed by atoms with Gasteiger partial charge in [-0.15, -0.1) is 0 Å². The van der Waals surface area contributed by atoms with Crippen molar-refractivity contribution in [1.82, 2.24) is 0 Å². The predicted molar refractivity (Wildman–Crippen MR) is 218 cm³/mol. The van der Waals surface area contributed by atoms with Gasteiger partial charge in [0.15, 0.2) is 11.5 Å². The Bertz CT molecular complexity index is 1340. The fraction of sp³-hybridized carbons (Fsp3) is 0.596. The van der Waals surface area contributed by atoms with Gasteiger partial charge in [-0.3, -0.25) is 4.79 Å². The molecule has 0 radical (unpaired) electrons. The molecule has 0 saturated heterocycles. The van der Waals surface area contributed by atoms with Crippen molar-refractivity contribution in [2.24, 2.45) is 0 Å². The Kier molecular flexibility index (Phi) is 23.8. The van der Waals surface area contributed by atoms with E-state index in [1.807, 2.05) is 66.7 Å². The van der Waals surface area contributed by atoms with E-state index in [2.05, 4.69) is 13.8 Å². The van der Waals surface area contributed by atoms with Crippen LogP contribution in [0.3, 0.4) is 0 Å². The normalized spacial score (nSPS) is 11.0. The number of unbranched alkanes of at least 4 members (excludes halogenated alkanes) is 18. The van der Waals surface area contributed by atoms with Crippen molar-refractivity contribution in [2.75, 3.05) is 20.3 Å². The second-order valence-corrected chi connectivity index (χ2v) is 14.5. The summed E-state index contributed by atoms with van der Waals surface area (Å²) in [4.78, 5) is 12.0. The lowest BCUT2D eigenvalue weighted by atomic mass is 10.1. The lowest BCUT2D eigenvalue weighted by molar-refractivity contribution is -0.139. The van der Waals surface area contributed by atoms with Gasteiger partial charge < -0.3 is 23.7 Å². The van der Waals surface area contributed by atoms with Gasteiger partial charge in [0.25, 0.3) is 0 Å². The molecule has 3 aromatic carbocycles. The minimum absolute atomic E-state index is 0.165. The third-order valence-electron chi connectivity index (χ3n) is 9.75. The summed E-state index contributed by atoms with van der Waals surface area (Å²) < 4.78 is 29.4. The van der Waals surface area contributed by atoms with Crippen LogP contribution in [0, 0.1) is 0 Å². The van der Waals surface area contributed by atoms with Gasteiger partial charge >= 0.3 is 5.97 Å². The van der Waals surface area contributed by atoms with Crippen molar-refractivity contribution >= 4 is 5.97 Å². The van der Waals surface area contributed by atoms with E-state index in [-0.39, 0.29) is 12.4 Å². The minimum atomic E-state index is -0.298. The highest BCUT2D eigenvalue weighted by atomic mass is 16.5. The van der Waals surface area contributed by atoms with Crippen molar-refractivity contribution in [2.45, 2.75) is 162 Å². The largest absolute Gasteiger partial charge is 0.494 e. The van der Waals surface area contributed by atoms with Crippen LogP contribution in [0.2, 0.25) is 0 Å². The van der Waals surface area contributed by atoms with Gasteiger partial charge in [0.1, 0.15) is 24.7 Å². The summed E-state index contributed by atoms with van der Waals surface area (Å²) in [7, 11) is 1.40. The second-order valence-electron chi connectivity index (χ2n) is 14.5. The Morgan fingerprint density at radius 1 is 0.434 bits per heavy atom. The molecule has 6 nitrogen and oxygen atoms in total. The molecule has 0 unspecified atom stereocenters. The Morgan fingerprint density at radius 2 is 0.811 bits per heavy atom. The molecule has 0 bridgehead atoms. The van der Waals surface area contributed by atoms with E-state index >= 15 is 0 Å². The van der Waals surface area contributed by atoms with E-state index in [1.165, 1.54) is 123 Å². The molecule has 0 heterocycles. The molecule has 0 spiro atoms. The van der Waals surface area contributed by atoms with Crippen LogP contribution in [0.25, 0.3) is 0 Å². The van der Waals surface area contributed by atoms with Gasteiger partial charge in [0, 0.05) is 0 Å². The zero-order valence-electron chi connectivity index (χ0n) is 33.5. The minimum Gasteiger partial charge on any atom is -0.494 e. The third kappa shape index (κ3) is 20.4. The zero-order chi connectivity index (χ0) is 37.6. The standard InChI is InChI=1S/C47H70O6/c1-4-6-8-10-12-14-16-18-20-22-34-50-43-29-24-40(25-30-43)38-52-45-33-28-42(37-47(48)49-3)36-46(45)53-39-41-26-31-44(32-27-41)51-35-23-21-19-17-15-13-11-9-7-5-2/h24-33,36H,4-23,34-35,37-39H2,1-3H3. The van der Waals surface area contributed by atoms with Crippen molar-refractivity contribution in [1.29, 1.82) is 0 Å². The van der Waals surface area contributed by atoms with Gasteiger partial charge in [-0.25, -0.2) is 0 Å². The Balaban J connectivity index is 1.39. The first-order chi connectivity index (χ1) is 26.1. The molecule has 0 N–H and O–H groups in total. The number of hydrogen-bond donors (Lipinski definition) is 0. The van der Waals surface area contributed by atoms with Gasteiger partial charge in [-0.05, 0) is 65.9 Å². The lowest BCUT2D eigenvalue weighted by Crippen LogP contribution is -2.06. The fourth-order valence-corrected chi connectivity index (χ4v) is 6.38. The van der Waals surface area contributed by atoms with Crippen molar-refractivity contribution in [3.8, 4) is 23.0 Å². The van der Waals surface area contributed by atoms with E-state index in [4.69, 9.17) is 23.7 Å². The second kappa shape index (κ2) is 28.8. The first-order valence-electron chi connectivity index (χ1n) is 21.0. The summed E-state index contributed by atoms with van der Waals surface area (Å²) in [6.07, 6.45) is 26.5. The van der Waals surface area contributed by atoms with Crippen LogP contribution < -0.4 is 18.9 Å². The van der Waals surface area contributed by atoms with Crippen LogP contribution in [0.4, 0.5) is 0 Å². The smallest absolute Gasteiger partial charge is 0.309 e. The monoisotopic (exact) mass is 731 g/mol.